The van der Waals surface area contributed by atoms with E-state index in [4.69, 9.17) is 4.74 Å². The Kier molecular flexibility index (Phi) is 6.07. The lowest BCUT2D eigenvalue weighted by molar-refractivity contribution is 0.0938. The van der Waals surface area contributed by atoms with Crippen molar-refractivity contribution in [2.45, 2.75) is 39.0 Å². The predicted molar refractivity (Wildman–Crippen MR) is 112 cm³/mol. The molecular formula is C20H27N5O4. The number of aromatic nitrogens is 4. The molecule has 0 unspecified atom stereocenters. The lowest BCUT2D eigenvalue weighted by Gasteiger charge is -2.18. The number of anilines is 1. The Bertz CT molecular complexity index is 1100. The van der Waals surface area contributed by atoms with E-state index in [2.05, 4.69) is 10.3 Å². The van der Waals surface area contributed by atoms with Gasteiger partial charge in [-0.05, 0) is 25.5 Å². The van der Waals surface area contributed by atoms with Gasteiger partial charge in [0.15, 0.2) is 11.2 Å². The van der Waals surface area contributed by atoms with E-state index in [0.29, 0.717) is 11.7 Å². The van der Waals surface area contributed by atoms with Crippen LogP contribution >= 0.6 is 0 Å². The van der Waals surface area contributed by atoms with Crippen molar-refractivity contribution in [3.63, 3.8) is 0 Å². The summed E-state index contributed by atoms with van der Waals surface area (Å²) in [7, 11) is 3.00. The van der Waals surface area contributed by atoms with E-state index in [0.717, 1.165) is 11.0 Å². The quantitative estimate of drug-likeness (QED) is 0.586. The van der Waals surface area contributed by atoms with Gasteiger partial charge in [-0.1, -0.05) is 25.1 Å². The summed E-state index contributed by atoms with van der Waals surface area (Å²) in [6.07, 6.45) is -0.0353. The van der Waals surface area contributed by atoms with Gasteiger partial charge in [-0.3, -0.25) is 13.9 Å². The molecule has 0 saturated carbocycles. The molecule has 0 radical (unpaired) electrons. The van der Waals surface area contributed by atoms with Crippen molar-refractivity contribution < 1.29 is 9.84 Å². The van der Waals surface area contributed by atoms with Gasteiger partial charge in [-0.15, -0.1) is 0 Å². The van der Waals surface area contributed by atoms with Crippen molar-refractivity contribution in [3.05, 3.63) is 51.2 Å². The van der Waals surface area contributed by atoms with Gasteiger partial charge >= 0.3 is 5.69 Å². The first-order valence-corrected chi connectivity index (χ1v) is 9.62. The summed E-state index contributed by atoms with van der Waals surface area (Å²) in [6.45, 7) is 4.17. The Hall–Kier alpha value is -3.07. The number of aliphatic hydroxyl groups excluding tert-OH is 1. The summed E-state index contributed by atoms with van der Waals surface area (Å²) in [5, 5.41) is 13.8. The Morgan fingerprint density at radius 3 is 2.52 bits per heavy atom. The average molecular weight is 401 g/mol. The number of ether oxygens (including phenoxy) is 1. The minimum absolute atomic E-state index is 0.0541. The number of hydrogen-bond acceptors (Lipinski definition) is 6. The second-order valence-corrected chi connectivity index (χ2v) is 7.16. The number of nitrogens with zero attached hydrogens (tertiary/aromatic N) is 4. The molecule has 0 spiro atoms. The molecule has 1 aromatic carbocycles. The standard InChI is InChI=1S/C20H27N5O4/c1-5-13(2)21-19-22-17-16(18(27)24(4)20(28)23(17)3)25(19)11-14(26)12-29-15-9-7-6-8-10-15/h6-10,13-14,26H,5,11-12H2,1-4H3,(H,21,22)/t13-,14-/m1/s1. The molecule has 29 heavy (non-hydrogen) atoms. The molecule has 0 aliphatic rings. The van der Waals surface area contributed by atoms with E-state index >= 15 is 0 Å². The molecule has 3 aromatic rings. The maximum Gasteiger partial charge on any atom is 0.332 e. The van der Waals surface area contributed by atoms with Gasteiger partial charge < -0.3 is 19.7 Å². The molecule has 0 bridgehead atoms. The van der Waals surface area contributed by atoms with Crippen LogP contribution in [0.25, 0.3) is 11.2 Å². The van der Waals surface area contributed by atoms with Crippen molar-refractivity contribution in [2.24, 2.45) is 14.1 Å². The number of aliphatic hydroxyl groups is 1. The van der Waals surface area contributed by atoms with Crippen LogP contribution in [0.3, 0.4) is 0 Å². The Balaban J connectivity index is 1.98. The summed E-state index contributed by atoms with van der Waals surface area (Å²) in [5.74, 6) is 1.09. The lowest BCUT2D eigenvalue weighted by Crippen LogP contribution is -2.38. The molecule has 0 saturated heterocycles. The van der Waals surface area contributed by atoms with Crippen LogP contribution in [0.15, 0.2) is 39.9 Å². The van der Waals surface area contributed by atoms with E-state index in [1.165, 1.54) is 11.6 Å². The van der Waals surface area contributed by atoms with Crippen LogP contribution in [0.4, 0.5) is 5.95 Å². The number of aryl methyl sites for hydroxylation is 1. The van der Waals surface area contributed by atoms with E-state index in [1.54, 1.807) is 23.7 Å². The largest absolute Gasteiger partial charge is 0.491 e. The van der Waals surface area contributed by atoms with E-state index in [9.17, 15) is 14.7 Å². The van der Waals surface area contributed by atoms with Crippen molar-refractivity contribution in [2.75, 3.05) is 11.9 Å². The zero-order chi connectivity index (χ0) is 21.1. The molecule has 0 fully saturated rings. The van der Waals surface area contributed by atoms with Gasteiger partial charge in [-0.2, -0.15) is 4.98 Å². The first kappa shape index (κ1) is 20.7. The fourth-order valence-electron chi connectivity index (χ4n) is 3.03. The van der Waals surface area contributed by atoms with Crippen LogP contribution in [0.2, 0.25) is 0 Å². The van der Waals surface area contributed by atoms with Gasteiger partial charge in [-0.25, -0.2) is 4.79 Å². The molecule has 2 heterocycles. The number of para-hydroxylation sites is 1. The van der Waals surface area contributed by atoms with E-state index in [-0.39, 0.29) is 30.4 Å². The van der Waals surface area contributed by atoms with Gasteiger partial charge in [0.1, 0.15) is 18.5 Å². The minimum Gasteiger partial charge on any atom is -0.491 e. The fraction of sp³-hybridized carbons (Fsp3) is 0.450. The number of rotatable bonds is 8. The Morgan fingerprint density at radius 2 is 1.86 bits per heavy atom. The lowest BCUT2D eigenvalue weighted by atomic mass is 10.3. The molecule has 9 nitrogen and oxygen atoms in total. The van der Waals surface area contributed by atoms with Crippen LogP contribution in [-0.2, 0) is 20.6 Å². The van der Waals surface area contributed by atoms with Crippen LogP contribution in [0.5, 0.6) is 5.75 Å². The van der Waals surface area contributed by atoms with Gasteiger partial charge in [0.05, 0.1) is 6.54 Å². The molecular weight excluding hydrogens is 374 g/mol. The summed E-state index contributed by atoms with van der Waals surface area (Å²) in [4.78, 5) is 29.6. The summed E-state index contributed by atoms with van der Waals surface area (Å²) < 4.78 is 9.63. The second-order valence-electron chi connectivity index (χ2n) is 7.16. The summed E-state index contributed by atoms with van der Waals surface area (Å²) >= 11 is 0. The molecule has 0 aliphatic heterocycles. The summed E-state index contributed by atoms with van der Waals surface area (Å²) in [5.41, 5.74) is -0.363. The smallest absolute Gasteiger partial charge is 0.332 e. The van der Waals surface area contributed by atoms with Gasteiger partial charge in [0, 0.05) is 20.1 Å². The Morgan fingerprint density at radius 1 is 1.17 bits per heavy atom. The minimum atomic E-state index is -0.882. The number of hydrogen-bond donors (Lipinski definition) is 2. The predicted octanol–water partition coefficient (Wildman–Crippen LogP) is 1.08. The Labute approximate surface area is 168 Å². The molecule has 9 heteroatoms. The van der Waals surface area contributed by atoms with Gasteiger partial charge in [0.25, 0.3) is 5.56 Å². The topological polar surface area (TPSA) is 103 Å². The SMILES string of the molecule is CC[C@@H](C)Nc1nc2c(c(=O)n(C)c(=O)n2C)n1C[C@@H](O)COc1ccccc1. The highest BCUT2D eigenvalue weighted by Crippen LogP contribution is 2.18. The van der Waals surface area contributed by atoms with Gasteiger partial charge in [0.2, 0.25) is 5.95 Å². The first-order valence-electron chi connectivity index (χ1n) is 9.62. The maximum absolute atomic E-state index is 12.8. The highest BCUT2D eigenvalue weighted by molar-refractivity contribution is 5.74. The molecule has 2 aromatic heterocycles. The van der Waals surface area contributed by atoms with E-state index in [1.807, 2.05) is 32.0 Å². The fourth-order valence-corrected chi connectivity index (χ4v) is 3.03. The second kappa shape index (κ2) is 8.52. The number of benzene rings is 1. The molecule has 2 atom stereocenters. The molecule has 156 valence electrons. The van der Waals surface area contributed by atoms with Crippen molar-refractivity contribution in [1.29, 1.82) is 0 Å². The third-order valence-corrected chi connectivity index (χ3v) is 4.91. The van der Waals surface area contributed by atoms with Crippen molar-refractivity contribution in [3.8, 4) is 5.75 Å². The number of nitrogens with one attached hydrogen (secondary N) is 1. The number of imidazole rings is 1. The van der Waals surface area contributed by atoms with Crippen molar-refractivity contribution in [1.82, 2.24) is 18.7 Å². The maximum atomic E-state index is 12.8. The molecule has 0 aliphatic carbocycles. The zero-order valence-corrected chi connectivity index (χ0v) is 17.1. The molecule has 3 rings (SSSR count). The summed E-state index contributed by atoms with van der Waals surface area (Å²) in [6, 6.07) is 9.30. The third-order valence-electron chi connectivity index (χ3n) is 4.91. The van der Waals surface area contributed by atoms with Crippen LogP contribution in [-0.4, -0.2) is 42.5 Å². The molecule has 0 amide bonds. The zero-order valence-electron chi connectivity index (χ0n) is 17.1. The van der Waals surface area contributed by atoms with E-state index < -0.39 is 17.4 Å². The molecule has 2 N–H and O–H groups in total. The number of fused-ring (bicyclic) bond motifs is 1. The third kappa shape index (κ3) is 4.19. The monoisotopic (exact) mass is 401 g/mol. The average Bonchev–Trinajstić information content (AvgIpc) is 3.07. The normalized spacial score (nSPS) is 13.4. The highest BCUT2D eigenvalue weighted by Gasteiger charge is 2.21. The highest BCUT2D eigenvalue weighted by atomic mass is 16.5. The van der Waals surface area contributed by atoms with Crippen LogP contribution < -0.4 is 21.3 Å². The van der Waals surface area contributed by atoms with Crippen LogP contribution in [0.1, 0.15) is 20.3 Å². The van der Waals surface area contributed by atoms with Crippen LogP contribution in [0, 0.1) is 0 Å². The first-order chi connectivity index (χ1) is 13.8. The van der Waals surface area contributed by atoms with Crippen molar-refractivity contribution >= 4 is 17.1 Å².